The molecule has 2 aliphatic rings. The SMILES string of the molecule is CC(C)(C)NCC(COc1ccccc1OCC1CCCO1)OC(=O)Nc1c[n+](N2CCOCC2)no1. The Kier molecular flexibility index (Phi) is 9.42. The Balaban J connectivity index is 1.32. The minimum Gasteiger partial charge on any atom is -0.487 e. The van der Waals surface area contributed by atoms with E-state index in [0.29, 0.717) is 51.0 Å². The molecule has 2 unspecified atom stereocenters. The summed E-state index contributed by atoms with van der Waals surface area (Å²) in [7, 11) is 0. The van der Waals surface area contributed by atoms with Gasteiger partial charge in [-0.1, -0.05) is 12.1 Å². The van der Waals surface area contributed by atoms with Crippen molar-refractivity contribution in [2.24, 2.45) is 0 Å². The maximum atomic E-state index is 12.7. The summed E-state index contributed by atoms with van der Waals surface area (Å²) in [6.07, 6.45) is 2.48. The zero-order valence-electron chi connectivity index (χ0n) is 21.8. The highest BCUT2D eigenvalue weighted by atomic mass is 16.6. The smallest absolute Gasteiger partial charge is 0.414 e. The number of aromatic nitrogens is 2. The molecular formula is C25H38N5O7+. The molecule has 2 aliphatic heterocycles. The fourth-order valence-electron chi connectivity index (χ4n) is 3.85. The lowest BCUT2D eigenvalue weighted by atomic mass is 10.1. The summed E-state index contributed by atoms with van der Waals surface area (Å²) < 4.78 is 33.9. The van der Waals surface area contributed by atoms with E-state index in [2.05, 4.69) is 15.9 Å². The largest absolute Gasteiger partial charge is 0.487 e. The van der Waals surface area contributed by atoms with Crippen LogP contribution < -0.4 is 29.9 Å². The summed E-state index contributed by atoms with van der Waals surface area (Å²) in [5.41, 5.74) is -0.172. The van der Waals surface area contributed by atoms with Crippen LogP contribution in [0.4, 0.5) is 10.7 Å². The van der Waals surface area contributed by atoms with Crippen molar-refractivity contribution in [1.29, 1.82) is 0 Å². The number of amides is 1. The maximum Gasteiger partial charge on any atom is 0.414 e. The lowest BCUT2D eigenvalue weighted by Gasteiger charge is -2.25. The molecule has 37 heavy (non-hydrogen) atoms. The Hall–Kier alpha value is -3.09. The number of carbonyl (C=O) groups excluding carboxylic acids is 1. The topological polar surface area (TPSA) is 120 Å². The summed E-state index contributed by atoms with van der Waals surface area (Å²) in [5, 5.41) is 11.9. The third-order valence-electron chi connectivity index (χ3n) is 5.81. The first-order valence-corrected chi connectivity index (χ1v) is 12.8. The minimum atomic E-state index is -0.669. The first-order chi connectivity index (χ1) is 17.9. The highest BCUT2D eigenvalue weighted by Crippen LogP contribution is 2.27. The molecule has 2 fully saturated rings. The zero-order chi connectivity index (χ0) is 26.1. The number of morpholine rings is 1. The van der Waals surface area contributed by atoms with Crippen molar-refractivity contribution in [2.75, 3.05) is 63.0 Å². The highest BCUT2D eigenvalue weighted by molar-refractivity contribution is 5.82. The van der Waals surface area contributed by atoms with Crippen LogP contribution in [-0.4, -0.2) is 81.8 Å². The number of carbonyl (C=O) groups is 1. The van der Waals surface area contributed by atoms with E-state index in [1.54, 1.807) is 11.0 Å². The normalized spacial score (nSPS) is 18.9. The van der Waals surface area contributed by atoms with E-state index in [0.717, 1.165) is 19.4 Å². The van der Waals surface area contributed by atoms with E-state index in [-0.39, 0.29) is 24.1 Å². The van der Waals surface area contributed by atoms with Crippen LogP contribution in [0, 0.1) is 0 Å². The summed E-state index contributed by atoms with van der Waals surface area (Å²) in [6.45, 7) is 10.4. The van der Waals surface area contributed by atoms with Crippen LogP contribution in [0.15, 0.2) is 35.0 Å². The maximum absolute atomic E-state index is 12.7. The predicted molar refractivity (Wildman–Crippen MR) is 134 cm³/mol. The molecule has 0 aliphatic carbocycles. The van der Waals surface area contributed by atoms with Crippen molar-refractivity contribution in [2.45, 2.75) is 51.4 Å². The van der Waals surface area contributed by atoms with E-state index in [4.69, 9.17) is 28.2 Å². The Labute approximate surface area is 217 Å². The van der Waals surface area contributed by atoms with Gasteiger partial charge in [0.1, 0.15) is 19.3 Å². The van der Waals surface area contributed by atoms with Crippen molar-refractivity contribution in [1.82, 2.24) is 10.6 Å². The molecule has 2 aromatic rings. The molecule has 2 N–H and O–H groups in total. The second kappa shape index (κ2) is 12.9. The van der Waals surface area contributed by atoms with Crippen LogP contribution in [0.25, 0.3) is 0 Å². The fraction of sp³-hybridized carbons (Fsp3) is 0.640. The fourth-order valence-corrected chi connectivity index (χ4v) is 3.85. The second-order valence-electron chi connectivity index (χ2n) is 10.0. The molecule has 0 saturated carbocycles. The van der Waals surface area contributed by atoms with Gasteiger partial charge in [-0.25, -0.2) is 4.79 Å². The lowest BCUT2D eigenvalue weighted by Crippen LogP contribution is -2.62. The molecular weight excluding hydrogens is 482 g/mol. The summed E-state index contributed by atoms with van der Waals surface area (Å²) in [4.78, 5) is 14.2. The number of hydrogen-bond acceptors (Lipinski definition) is 10. The van der Waals surface area contributed by atoms with Gasteiger partial charge in [0.05, 0.1) is 37.2 Å². The predicted octanol–water partition coefficient (Wildman–Crippen LogP) is 1.87. The lowest BCUT2D eigenvalue weighted by molar-refractivity contribution is -0.759. The van der Waals surface area contributed by atoms with Gasteiger partial charge in [0, 0.05) is 18.7 Å². The average Bonchev–Trinajstić information content (AvgIpc) is 3.57. The second-order valence-corrected chi connectivity index (χ2v) is 10.0. The average molecular weight is 521 g/mol. The molecule has 1 aromatic carbocycles. The number of hydrogen-bond donors (Lipinski definition) is 2. The van der Waals surface area contributed by atoms with Crippen LogP contribution >= 0.6 is 0 Å². The third kappa shape index (κ3) is 8.76. The van der Waals surface area contributed by atoms with Crippen LogP contribution in [-0.2, 0) is 14.2 Å². The van der Waals surface area contributed by atoms with E-state index >= 15 is 0 Å². The van der Waals surface area contributed by atoms with Crippen LogP contribution in [0.1, 0.15) is 33.6 Å². The van der Waals surface area contributed by atoms with Gasteiger partial charge >= 0.3 is 12.0 Å². The zero-order valence-corrected chi connectivity index (χ0v) is 21.8. The number of rotatable bonds is 11. The highest BCUT2D eigenvalue weighted by Gasteiger charge is 2.26. The van der Waals surface area contributed by atoms with Crippen molar-refractivity contribution in [3.05, 3.63) is 30.5 Å². The molecule has 12 nitrogen and oxygen atoms in total. The van der Waals surface area contributed by atoms with Crippen LogP contribution in [0.2, 0.25) is 0 Å². The molecule has 204 valence electrons. The van der Waals surface area contributed by atoms with Crippen LogP contribution in [0.5, 0.6) is 11.5 Å². The number of nitrogens with one attached hydrogen (secondary N) is 2. The first kappa shape index (κ1) is 27.0. The van der Waals surface area contributed by atoms with E-state index in [1.807, 2.05) is 50.0 Å². The van der Waals surface area contributed by atoms with E-state index in [1.165, 1.54) is 0 Å². The molecule has 0 radical (unpaired) electrons. The standard InChI is InChI=1S/C25H37N5O7/c1-25(2,3)26-15-20(18-35-22-9-5-4-8-21(22)34-17-19-7-6-12-33-19)36-24(31)27-23-16-30(28-37-23)29-10-13-32-14-11-29/h4-5,8-9,16,19-20,26H,6-7,10-15,17-18H2,1-3H3/p+1. The molecule has 0 bridgehead atoms. The van der Waals surface area contributed by atoms with E-state index in [9.17, 15) is 4.79 Å². The summed E-state index contributed by atoms with van der Waals surface area (Å²) in [5.74, 6) is 1.37. The molecule has 2 saturated heterocycles. The molecule has 1 aromatic heterocycles. The van der Waals surface area contributed by atoms with Gasteiger partial charge in [-0.15, -0.1) is 5.01 Å². The monoisotopic (exact) mass is 520 g/mol. The quantitative estimate of drug-likeness (QED) is 0.425. The summed E-state index contributed by atoms with van der Waals surface area (Å²) >= 11 is 0. The Morgan fingerprint density at radius 2 is 1.95 bits per heavy atom. The van der Waals surface area contributed by atoms with Gasteiger partial charge in [0.25, 0.3) is 6.20 Å². The summed E-state index contributed by atoms with van der Waals surface area (Å²) in [6, 6.07) is 7.45. The van der Waals surface area contributed by atoms with Crippen molar-refractivity contribution < 1.29 is 37.8 Å². The number of ether oxygens (including phenoxy) is 5. The van der Waals surface area contributed by atoms with Crippen molar-refractivity contribution in [3.63, 3.8) is 0 Å². The van der Waals surface area contributed by atoms with Gasteiger partial charge in [0.2, 0.25) is 5.27 Å². The van der Waals surface area contributed by atoms with Crippen LogP contribution in [0.3, 0.4) is 0 Å². The van der Waals surface area contributed by atoms with E-state index < -0.39 is 12.2 Å². The van der Waals surface area contributed by atoms with Gasteiger partial charge in [-0.3, -0.25) is 9.84 Å². The Morgan fingerprint density at radius 3 is 2.65 bits per heavy atom. The molecule has 2 atom stereocenters. The molecule has 0 spiro atoms. The minimum absolute atomic E-state index is 0.0989. The molecule has 1 amide bonds. The first-order valence-electron chi connectivity index (χ1n) is 12.8. The molecule has 3 heterocycles. The van der Waals surface area contributed by atoms with Gasteiger partial charge in [-0.05, 0) is 45.7 Å². The Morgan fingerprint density at radius 1 is 1.19 bits per heavy atom. The number of anilines is 1. The number of benzene rings is 1. The number of para-hydroxylation sites is 2. The van der Waals surface area contributed by atoms with Crippen molar-refractivity contribution in [3.8, 4) is 11.5 Å². The molecule has 4 rings (SSSR count). The van der Waals surface area contributed by atoms with Gasteiger partial charge in [-0.2, -0.15) is 0 Å². The number of nitrogens with zero attached hydrogens (tertiary/aromatic N) is 3. The Bertz CT molecular complexity index is 984. The van der Waals surface area contributed by atoms with Crippen molar-refractivity contribution >= 4 is 12.0 Å². The van der Waals surface area contributed by atoms with Gasteiger partial charge < -0.3 is 29.0 Å². The third-order valence-corrected chi connectivity index (χ3v) is 5.81. The molecule has 12 heteroatoms. The van der Waals surface area contributed by atoms with Gasteiger partial charge in [0.15, 0.2) is 11.5 Å².